The van der Waals surface area contributed by atoms with Gasteiger partial charge in [0.2, 0.25) is 0 Å². The smallest absolute Gasteiger partial charge is 0.191 e. The Hall–Kier alpha value is -2.55. The fourth-order valence-electron chi connectivity index (χ4n) is 3.70. The molecule has 1 unspecified atom stereocenters. The van der Waals surface area contributed by atoms with E-state index in [0.29, 0.717) is 36.1 Å². The van der Waals surface area contributed by atoms with Gasteiger partial charge in [0.1, 0.15) is 0 Å². The summed E-state index contributed by atoms with van der Waals surface area (Å²) in [6.07, 6.45) is 0. The monoisotopic (exact) mass is 565 g/mol. The lowest BCUT2D eigenvalue weighted by Gasteiger charge is -2.35. The lowest BCUT2D eigenvalue weighted by atomic mass is 10.0. The van der Waals surface area contributed by atoms with Crippen molar-refractivity contribution in [3.05, 3.63) is 59.2 Å². The van der Waals surface area contributed by atoms with Crippen LogP contribution < -0.4 is 20.1 Å². The summed E-state index contributed by atoms with van der Waals surface area (Å²) in [5.41, 5.74) is 2.87. The number of halogens is 1. The van der Waals surface area contributed by atoms with Crippen LogP contribution in [0.5, 0.6) is 11.5 Å². The second-order valence-corrected chi connectivity index (χ2v) is 7.39. The van der Waals surface area contributed by atoms with Crippen molar-refractivity contribution >= 4 is 29.9 Å². The third-order valence-corrected chi connectivity index (χ3v) is 5.51. The van der Waals surface area contributed by atoms with E-state index in [9.17, 15) is 0 Å². The second-order valence-electron chi connectivity index (χ2n) is 7.39. The predicted octanol–water partition coefficient (Wildman–Crippen LogP) is 2.93. The molecule has 0 aromatic heterocycles. The molecule has 1 aliphatic rings. The van der Waals surface area contributed by atoms with Gasteiger partial charge < -0.3 is 24.8 Å². The maximum absolute atomic E-state index is 8.95. The number of ether oxygens (including phenoxy) is 3. The third kappa shape index (κ3) is 7.48. The number of nitrogens with one attached hydrogen (secondary N) is 2. The van der Waals surface area contributed by atoms with Gasteiger partial charge in [0.05, 0.1) is 45.1 Å². The highest BCUT2D eigenvalue weighted by Crippen LogP contribution is 2.32. The minimum absolute atomic E-state index is 0. The fourth-order valence-corrected chi connectivity index (χ4v) is 3.70. The lowest BCUT2D eigenvalue weighted by Crippen LogP contribution is -2.46. The molecule has 0 aliphatic carbocycles. The first kappa shape index (κ1) is 26.7. The average molecular weight is 565 g/mol. The fraction of sp³-hybridized carbons (Fsp3) is 0.417. The van der Waals surface area contributed by atoms with Gasteiger partial charge in [0.25, 0.3) is 0 Å². The number of nitriles is 1. The van der Waals surface area contributed by atoms with Crippen molar-refractivity contribution in [2.45, 2.75) is 12.6 Å². The zero-order valence-corrected chi connectivity index (χ0v) is 21.7. The van der Waals surface area contributed by atoms with E-state index in [1.807, 2.05) is 36.4 Å². The minimum Gasteiger partial charge on any atom is -0.493 e. The predicted molar refractivity (Wildman–Crippen MR) is 139 cm³/mol. The zero-order chi connectivity index (χ0) is 22.8. The van der Waals surface area contributed by atoms with E-state index in [2.05, 4.69) is 32.7 Å². The molecule has 0 saturated carbocycles. The summed E-state index contributed by atoms with van der Waals surface area (Å²) in [7, 11) is 5.05. The van der Waals surface area contributed by atoms with Crippen molar-refractivity contribution in [1.29, 1.82) is 5.26 Å². The first-order valence-electron chi connectivity index (χ1n) is 10.7. The molecule has 33 heavy (non-hydrogen) atoms. The summed E-state index contributed by atoms with van der Waals surface area (Å²) in [4.78, 5) is 6.77. The molecule has 1 saturated heterocycles. The largest absolute Gasteiger partial charge is 0.493 e. The zero-order valence-electron chi connectivity index (χ0n) is 19.3. The van der Waals surface area contributed by atoms with Gasteiger partial charge in [-0.15, -0.1) is 24.0 Å². The maximum Gasteiger partial charge on any atom is 0.191 e. The number of guanidine groups is 1. The van der Waals surface area contributed by atoms with Crippen LogP contribution in [-0.2, 0) is 11.3 Å². The number of aliphatic imine (C=N–C) groups is 1. The summed E-state index contributed by atoms with van der Waals surface area (Å²) in [5, 5.41) is 15.7. The molecule has 1 heterocycles. The molecule has 2 N–H and O–H groups in total. The average Bonchev–Trinajstić information content (AvgIpc) is 2.86. The molecule has 2 aromatic carbocycles. The highest BCUT2D eigenvalue weighted by atomic mass is 127. The number of benzene rings is 2. The van der Waals surface area contributed by atoms with Crippen molar-refractivity contribution in [3.63, 3.8) is 0 Å². The van der Waals surface area contributed by atoms with Crippen LogP contribution in [-0.4, -0.2) is 65.0 Å². The van der Waals surface area contributed by atoms with Crippen LogP contribution in [0.3, 0.4) is 0 Å². The van der Waals surface area contributed by atoms with Crippen LogP contribution in [0, 0.1) is 11.3 Å². The summed E-state index contributed by atoms with van der Waals surface area (Å²) >= 11 is 0. The highest BCUT2D eigenvalue weighted by Gasteiger charge is 2.24. The Kier molecular flexibility index (Phi) is 11.2. The van der Waals surface area contributed by atoms with Gasteiger partial charge in [-0.1, -0.05) is 18.2 Å². The molecule has 0 bridgehead atoms. The molecular formula is C24H32IN5O3. The van der Waals surface area contributed by atoms with Crippen LogP contribution in [0.1, 0.15) is 22.7 Å². The van der Waals surface area contributed by atoms with E-state index < -0.39 is 0 Å². The van der Waals surface area contributed by atoms with Gasteiger partial charge in [-0.05, 0) is 35.4 Å². The summed E-state index contributed by atoms with van der Waals surface area (Å²) in [6.45, 7) is 4.44. The second kappa shape index (κ2) is 13.9. The molecule has 9 heteroatoms. The number of morpholine rings is 1. The van der Waals surface area contributed by atoms with Gasteiger partial charge in [0.15, 0.2) is 17.5 Å². The van der Waals surface area contributed by atoms with E-state index >= 15 is 0 Å². The van der Waals surface area contributed by atoms with Crippen LogP contribution in [0.25, 0.3) is 0 Å². The van der Waals surface area contributed by atoms with E-state index in [1.54, 1.807) is 21.3 Å². The Morgan fingerprint density at radius 2 is 1.79 bits per heavy atom. The normalized spacial score (nSPS) is 15.0. The Morgan fingerprint density at radius 3 is 2.39 bits per heavy atom. The molecule has 2 aromatic rings. The van der Waals surface area contributed by atoms with Gasteiger partial charge >= 0.3 is 0 Å². The van der Waals surface area contributed by atoms with Crippen molar-refractivity contribution in [3.8, 4) is 17.6 Å². The summed E-state index contributed by atoms with van der Waals surface area (Å²) in [6, 6.07) is 15.8. The molecule has 8 nitrogen and oxygen atoms in total. The molecule has 0 spiro atoms. The third-order valence-electron chi connectivity index (χ3n) is 5.51. The van der Waals surface area contributed by atoms with Crippen LogP contribution in [0.4, 0.5) is 0 Å². The van der Waals surface area contributed by atoms with E-state index in [0.717, 1.165) is 37.4 Å². The SMILES string of the molecule is CN=C(NCc1ccc(C#N)cc1)NCC(c1ccc(OC)c(OC)c1)N1CCOCC1.I. The lowest BCUT2D eigenvalue weighted by molar-refractivity contribution is 0.0169. The Morgan fingerprint density at radius 1 is 1.09 bits per heavy atom. The number of nitrogens with zero attached hydrogens (tertiary/aromatic N) is 3. The molecule has 1 aliphatic heterocycles. The van der Waals surface area contributed by atoms with Crippen molar-refractivity contribution in [2.75, 3.05) is 54.1 Å². The minimum atomic E-state index is 0. The standard InChI is InChI=1S/C24H31N5O3.HI/c1-26-24(27-16-19-6-4-18(15-25)5-7-19)28-17-21(29-10-12-32-13-11-29)20-8-9-22(30-2)23(14-20)31-3;/h4-9,14,21H,10-13,16-17H2,1-3H3,(H2,26,27,28);1H. The van der Waals surface area contributed by atoms with Crippen molar-refractivity contribution < 1.29 is 14.2 Å². The quantitative estimate of drug-likeness (QED) is 0.289. The van der Waals surface area contributed by atoms with Crippen LogP contribution in [0.15, 0.2) is 47.5 Å². The molecule has 1 atom stereocenters. The van der Waals surface area contributed by atoms with Crippen LogP contribution in [0.2, 0.25) is 0 Å². The maximum atomic E-state index is 8.95. The summed E-state index contributed by atoms with van der Waals surface area (Å²) < 4.78 is 16.5. The molecule has 0 radical (unpaired) electrons. The van der Waals surface area contributed by atoms with Gasteiger partial charge in [-0.2, -0.15) is 5.26 Å². The molecule has 178 valence electrons. The van der Waals surface area contributed by atoms with Crippen LogP contribution >= 0.6 is 24.0 Å². The van der Waals surface area contributed by atoms with E-state index in [-0.39, 0.29) is 30.0 Å². The summed E-state index contributed by atoms with van der Waals surface area (Å²) in [5.74, 6) is 2.14. The number of hydrogen-bond donors (Lipinski definition) is 2. The van der Waals surface area contributed by atoms with Crippen molar-refractivity contribution in [2.24, 2.45) is 4.99 Å². The van der Waals surface area contributed by atoms with Crippen molar-refractivity contribution in [1.82, 2.24) is 15.5 Å². The van der Waals surface area contributed by atoms with Gasteiger partial charge in [0, 0.05) is 33.2 Å². The number of rotatable bonds is 8. The topological polar surface area (TPSA) is 91.1 Å². The Labute approximate surface area is 212 Å². The number of hydrogen-bond acceptors (Lipinski definition) is 6. The van der Waals surface area contributed by atoms with E-state index in [1.165, 1.54) is 0 Å². The van der Waals surface area contributed by atoms with Gasteiger partial charge in [-0.3, -0.25) is 9.89 Å². The number of methoxy groups -OCH3 is 2. The molecule has 0 amide bonds. The highest BCUT2D eigenvalue weighted by molar-refractivity contribution is 14.0. The Bertz CT molecular complexity index is 940. The van der Waals surface area contributed by atoms with Gasteiger partial charge in [-0.25, -0.2) is 0 Å². The molecule has 3 rings (SSSR count). The first-order valence-corrected chi connectivity index (χ1v) is 10.7. The first-order chi connectivity index (χ1) is 15.7. The molecule has 1 fully saturated rings. The molecular weight excluding hydrogens is 533 g/mol. The Balaban J connectivity index is 0.00000385. The van der Waals surface area contributed by atoms with E-state index in [4.69, 9.17) is 19.5 Å².